The highest BCUT2D eigenvalue weighted by Crippen LogP contribution is 2.27. The van der Waals surface area contributed by atoms with Crippen molar-refractivity contribution < 1.29 is 14.4 Å². The SMILES string of the molecule is CN1C(=O)c2cc(C(=O)N3CCCC3)nn2C[C@@]1(C)C(=O)NC1CCCCC1. The van der Waals surface area contributed by atoms with Crippen molar-refractivity contribution in [1.29, 1.82) is 0 Å². The number of rotatable bonds is 3. The fraction of sp³-hybridized carbons (Fsp3) is 0.700. The van der Waals surface area contributed by atoms with Crippen LogP contribution in [0, 0.1) is 0 Å². The minimum absolute atomic E-state index is 0.136. The molecule has 4 rings (SSSR count). The maximum Gasteiger partial charge on any atom is 0.274 e. The first-order valence-electron chi connectivity index (χ1n) is 10.4. The van der Waals surface area contributed by atoms with Gasteiger partial charge in [-0.25, -0.2) is 0 Å². The maximum atomic E-state index is 13.1. The predicted molar refractivity (Wildman–Crippen MR) is 103 cm³/mol. The van der Waals surface area contributed by atoms with Crippen molar-refractivity contribution in [3.8, 4) is 0 Å². The van der Waals surface area contributed by atoms with Crippen LogP contribution in [0.2, 0.25) is 0 Å². The van der Waals surface area contributed by atoms with Gasteiger partial charge in [-0.15, -0.1) is 0 Å². The van der Waals surface area contributed by atoms with Gasteiger partial charge in [-0.1, -0.05) is 19.3 Å². The molecule has 28 heavy (non-hydrogen) atoms. The Balaban J connectivity index is 1.55. The van der Waals surface area contributed by atoms with Gasteiger partial charge in [0.05, 0.1) is 6.54 Å². The smallest absolute Gasteiger partial charge is 0.274 e. The normalized spacial score (nSPS) is 25.7. The number of hydrogen-bond donors (Lipinski definition) is 1. The van der Waals surface area contributed by atoms with Gasteiger partial charge < -0.3 is 15.1 Å². The molecule has 0 unspecified atom stereocenters. The molecule has 0 aromatic carbocycles. The van der Waals surface area contributed by atoms with Crippen LogP contribution in [-0.4, -0.2) is 69.0 Å². The van der Waals surface area contributed by atoms with E-state index in [0.717, 1.165) is 51.6 Å². The van der Waals surface area contributed by atoms with Crippen LogP contribution in [0.3, 0.4) is 0 Å². The molecule has 1 aromatic rings. The fourth-order valence-electron chi connectivity index (χ4n) is 4.50. The molecule has 3 heterocycles. The van der Waals surface area contributed by atoms with Crippen molar-refractivity contribution >= 4 is 17.7 Å². The number of likely N-dealkylation sites (N-methyl/N-ethyl adjacent to an activating group) is 1. The highest BCUT2D eigenvalue weighted by molar-refractivity contribution is 6.01. The predicted octanol–water partition coefficient (Wildman–Crippen LogP) is 1.41. The van der Waals surface area contributed by atoms with Crippen LogP contribution in [0.25, 0.3) is 0 Å². The highest BCUT2D eigenvalue weighted by atomic mass is 16.2. The van der Waals surface area contributed by atoms with Crippen LogP contribution in [-0.2, 0) is 11.3 Å². The van der Waals surface area contributed by atoms with Crippen molar-refractivity contribution in [2.75, 3.05) is 20.1 Å². The summed E-state index contributed by atoms with van der Waals surface area (Å²) in [6.07, 6.45) is 7.44. The van der Waals surface area contributed by atoms with Gasteiger partial charge in [0.15, 0.2) is 5.69 Å². The Morgan fingerprint density at radius 1 is 1.14 bits per heavy atom. The molecule has 1 saturated heterocycles. The number of fused-ring (bicyclic) bond motifs is 1. The second kappa shape index (κ2) is 7.22. The van der Waals surface area contributed by atoms with Gasteiger partial charge in [0.2, 0.25) is 5.91 Å². The largest absolute Gasteiger partial charge is 0.351 e. The van der Waals surface area contributed by atoms with E-state index in [1.165, 1.54) is 16.0 Å². The standard InChI is InChI=1S/C20H29N5O3/c1-20(19(28)21-14-8-4-3-5-9-14)13-25-16(18(27)23(20)2)12-15(22-25)17(26)24-10-6-7-11-24/h12,14H,3-11,13H2,1-2H3,(H,21,28)/t20-/m0/s1. The summed E-state index contributed by atoms with van der Waals surface area (Å²) in [5.74, 6) is -0.562. The first kappa shape index (κ1) is 19.0. The molecule has 3 amide bonds. The maximum absolute atomic E-state index is 13.1. The van der Waals surface area contributed by atoms with Crippen LogP contribution in [0.4, 0.5) is 0 Å². The lowest BCUT2D eigenvalue weighted by molar-refractivity contribution is -0.133. The third kappa shape index (κ3) is 3.18. The summed E-state index contributed by atoms with van der Waals surface area (Å²) < 4.78 is 1.53. The average Bonchev–Trinajstić information content (AvgIpc) is 3.36. The molecule has 1 aliphatic carbocycles. The molecule has 2 aliphatic heterocycles. The van der Waals surface area contributed by atoms with Gasteiger partial charge in [-0.3, -0.25) is 19.1 Å². The van der Waals surface area contributed by atoms with Crippen molar-refractivity contribution in [1.82, 2.24) is 24.9 Å². The summed E-state index contributed by atoms with van der Waals surface area (Å²) in [6, 6.07) is 1.74. The third-order valence-electron chi connectivity index (χ3n) is 6.54. The van der Waals surface area contributed by atoms with Gasteiger partial charge in [0, 0.05) is 32.2 Å². The number of amides is 3. The lowest BCUT2D eigenvalue weighted by Crippen LogP contribution is -2.63. The lowest BCUT2D eigenvalue weighted by atomic mass is 9.92. The van der Waals surface area contributed by atoms with Gasteiger partial charge in [-0.05, 0) is 32.6 Å². The van der Waals surface area contributed by atoms with Crippen LogP contribution >= 0.6 is 0 Å². The van der Waals surface area contributed by atoms with Crippen molar-refractivity contribution in [2.45, 2.75) is 70.0 Å². The van der Waals surface area contributed by atoms with E-state index in [0.29, 0.717) is 5.69 Å². The van der Waals surface area contributed by atoms with Crippen LogP contribution < -0.4 is 5.32 Å². The van der Waals surface area contributed by atoms with Crippen LogP contribution in [0.5, 0.6) is 0 Å². The third-order valence-corrected chi connectivity index (χ3v) is 6.54. The van der Waals surface area contributed by atoms with E-state index < -0.39 is 5.54 Å². The van der Waals surface area contributed by atoms with Crippen molar-refractivity contribution in [3.63, 3.8) is 0 Å². The van der Waals surface area contributed by atoms with Gasteiger partial charge in [0.25, 0.3) is 11.8 Å². The number of hydrogen-bond acceptors (Lipinski definition) is 4. The minimum Gasteiger partial charge on any atom is -0.351 e. The van der Waals surface area contributed by atoms with Crippen LogP contribution in [0.15, 0.2) is 6.07 Å². The summed E-state index contributed by atoms with van der Waals surface area (Å²) in [5.41, 5.74) is -0.370. The number of likely N-dealkylation sites (tertiary alicyclic amines) is 1. The first-order valence-corrected chi connectivity index (χ1v) is 10.4. The number of aromatic nitrogens is 2. The Kier molecular flexibility index (Phi) is 4.89. The Morgan fingerprint density at radius 2 is 1.82 bits per heavy atom. The molecular formula is C20H29N5O3. The van der Waals surface area contributed by atoms with E-state index in [1.807, 2.05) is 0 Å². The summed E-state index contributed by atoms with van der Waals surface area (Å²) in [7, 11) is 1.65. The molecule has 0 radical (unpaired) electrons. The summed E-state index contributed by atoms with van der Waals surface area (Å²) in [4.78, 5) is 42.0. The summed E-state index contributed by atoms with van der Waals surface area (Å²) >= 11 is 0. The highest BCUT2D eigenvalue weighted by Gasteiger charge is 2.47. The molecular weight excluding hydrogens is 358 g/mol. The molecule has 2 fully saturated rings. The lowest BCUT2D eigenvalue weighted by Gasteiger charge is -2.41. The molecule has 1 saturated carbocycles. The average molecular weight is 387 g/mol. The van der Waals surface area contributed by atoms with E-state index in [2.05, 4.69) is 10.4 Å². The Hall–Kier alpha value is -2.38. The van der Waals surface area contributed by atoms with E-state index in [4.69, 9.17) is 0 Å². The molecule has 1 N–H and O–H groups in total. The molecule has 1 atom stereocenters. The minimum atomic E-state index is -1.03. The fourth-order valence-corrected chi connectivity index (χ4v) is 4.50. The molecule has 8 nitrogen and oxygen atoms in total. The Morgan fingerprint density at radius 3 is 2.50 bits per heavy atom. The summed E-state index contributed by atoms with van der Waals surface area (Å²) in [6.45, 7) is 3.48. The van der Waals surface area contributed by atoms with Crippen molar-refractivity contribution in [3.05, 3.63) is 17.5 Å². The zero-order chi connectivity index (χ0) is 19.9. The molecule has 1 aromatic heterocycles. The van der Waals surface area contributed by atoms with E-state index >= 15 is 0 Å². The summed E-state index contributed by atoms with van der Waals surface area (Å²) in [5, 5.41) is 7.54. The number of nitrogens with one attached hydrogen (secondary N) is 1. The quantitative estimate of drug-likeness (QED) is 0.850. The second-order valence-electron chi connectivity index (χ2n) is 8.52. The molecule has 0 spiro atoms. The van der Waals surface area contributed by atoms with E-state index in [9.17, 15) is 14.4 Å². The van der Waals surface area contributed by atoms with Gasteiger partial charge in [-0.2, -0.15) is 5.10 Å². The first-order chi connectivity index (χ1) is 13.4. The molecule has 3 aliphatic rings. The van der Waals surface area contributed by atoms with E-state index in [-0.39, 0.29) is 36.0 Å². The number of carbonyl (C=O) groups excluding carboxylic acids is 3. The van der Waals surface area contributed by atoms with E-state index in [1.54, 1.807) is 24.9 Å². The molecule has 8 heteroatoms. The Bertz CT molecular complexity index is 792. The molecule has 0 bridgehead atoms. The zero-order valence-corrected chi connectivity index (χ0v) is 16.7. The van der Waals surface area contributed by atoms with Gasteiger partial charge >= 0.3 is 0 Å². The number of nitrogens with zero attached hydrogens (tertiary/aromatic N) is 4. The Labute approximate surface area is 165 Å². The second-order valence-corrected chi connectivity index (χ2v) is 8.52. The van der Waals surface area contributed by atoms with Crippen molar-refractivity contribution in [2.24, 2.45) is 0 Å². The monoisotopic (exact) mass is 387 g/mol. The number of carbonyl (C=O) groups is 3. The zero-order valence-electron chi connectivity index (χ0n) is 16.7. The van der Waals surface area contributed by atoms with Gasteiger partial charge in [0.1, 0.15) is 11.2 Å². The van der Waals surface area contributed by atoms with Crippen LogP contribution in [0.1, 0.15) is 72.8 Å². The topological polar surface area (TPSA) is 87.5 Å². The molecule has 152 valence electrons.